The summed E-state index contributed by atoms with van der Waals surface area (Å²) in [5.74, 6) is 0.395. The highest BCUT2D eigenvalue weighted by Crippen LogP contribution is 2.33. The third kappa shape index (κ3) is 8.57. The molecule has 0 amide bonds. The summed E-state index contributed by atoms with van der Waals surface area (Å²) >= 11 is 0. The Morgan fingerprint density at radius 1 is 0.806 bits per heavy atom. The maximum Gasteiger partial charge on any atom is 0.335 e. The Labute approximate surface area is 213 Å². The van der Waals surface area contributed by atoms with Crippen LogP contribution in [0.2, 0.25) is 0 Å². The van der Waals surface area contributed by atoms with Gasteiger partial charge in [-0.05, 0) is 56.2 Å². The summed E-state index contributed by atoms with van der Waals surface area (Å²) in [4.78, 5) is 23.2. The minimum Gasteiger partial charge on any atom is -0.490 e. The molecule has 36 heavy (non-hydrogen) atoms. The van der Waals surface area contributed by atoms with Gasteiger partial charge in [-0.2, -0.15) is 0 Å². The van der Waals surface area contributed by atoms with Gasteiger partial charge in [0.05, 0.1) is 0 Å². The van der Waals surface area contributed by atoms with Gasteiger partial charge in [-0.3, -0.25) is 0 Å². The number of benzene rings is 2. The molecule has 0 fully saturated rings. The number of carbonyl (C=O) groups excluding carboxylic acids is 2. The number of ether oxygens (including phenoxy) is 5. The number of hydrogen-bond acceptors (Lipinski definition) is 7. The van der Waals surface area contributed by atoms with Crippen molar-refractivity contribution in [2.75, 3.05) is 26.4 Å². The molecule has 0 N–H and O–H groups in total. The lowest BCUT2D eigenvalue weighted by atomic mass is 9.78. The summed E-state index contributed by atoms with van der Waals surface area (Å²) in [6.07, 6.45) is -0.811. The highest BCUT2D eigenvalue weighted by Gasteiger charge is 2.23. The van der Waals surface area contributed by atoms with Crippen LogP contribution in [0.4, 0.5) is 0 Å². The SMILES string of the molecule is C=C(C)C(=O)OCCOc1ccc(C(C)(C)c2ccc(OCC(OCC)OC(=O)C(=C)C)cc2)cc1. The van der Waals surface area contributed by atoms with Crippen molar-refractivity contribution >= 4 is 11.9 Å². The van der Waals surface area contributed by atoms with Crippen molar-refractivity contribution in [3.63, 3.8) is 0 Å². The van der Waals surface area contributed by atoms with Crippen molar-refractivity contribution in [3.8, 4) is 11.5 Å². The average molecular weight is 497 g/mol. The van der Waals surface area contributed by atoms with E-state index in [0.29, 0.717) is 29.3 Å². The Balaban J connectivity index is 1.94. The molecule has 7 nitrogen and oxygen atoms in total. The molecular weight excluding hydrogens is 460 g/mol. The minimum atomic E-state index is -0.811. The molecule has 2 aromatic rings. The van der Waals surface area contributed by atoms with Crippen LogP contribution in [0.25, 0.3) is 0 Å². The Bertz CT molecular complexity index is 1040. The predicted octanol–water partition coefficient (Wildman–Crippen LogP) is 5.37. The van der Waals surface area contributed by atoms with Crippen molar-refractivity contribution in [2.45, 2.75) is 46.3 Å². The largest absolute Gasteiger partial charge is 0.490 e. The van der Waals surface area contributed by atoms with Gasteiger partial charge in [0.1, 0.15) is 24.7 Å². The molecule has 7 heteroatoms. The zero-order chi connectivity index (χ0) is 26.7. The van der Waals surface area contributed by atoms with E-state index in [4.69, 9.17) is 23.7 Å². The molecule has 0 bridgehead atoms. The van der Waals surface area contributed by atoms with Crippen molar-refractivity contribution in [1.29, 1.82) is 0 Å². The van der Waals surface area contributed by atoms with Crippen LogP contribution in [0.3, 0.4) is 0 Å². The number of esters is 2. The van der Waals surface area contributed by atoms with Gasteiger partial charge in [-0.1, -0.05) is 51.3 Å². The summed E-state index contributed by atoms with van der Waals surface area (Å²) in [5, 5.41) is 0. The zero-order valence-corrected chi connectivity index (χ0v) is 21.8. The second-order valence-corrected chi connectivity index (χ2v) is 8.82. The van der Waals surface area contributed by atoms with Gasteiger partial charge in [-0.15, -0.1) is 0 Å². The topological polar surface area (TPSA) is 80.3 Å². The Morgan fingerprint density at radius 3 is 1.78 bits per heavy atom. The first-order valence-corrected chi connectivity index (χ1v) is 11.8. The summed E-state index contributed by atoms with van der Waals surface area (Å²) in [7, 11) is 0. The van der Waals surface area contributed by atoms with E-state index in [9.17, 15) is 9.59 Å². The van der Waals surface area contributed by atoms with E-state index in [2.05, 4.69) is 27.0 Å². The molecule has 0 aliphatic rings. The second kappa shape index (κ2) is 13.5. The van der Waals surface area contributed by atoms with Gasteiger partial charge in [0.15, 0.2) is 6.61 Å². The van der Waals surface area contributed by atoms with E-state index in [1.165, 1.54) is 0 Å². The normalized spacial score (nSPS) is 11.8. The highest BCUT2D eigenvalue weighted by atomic mass is 16.7. The van der Waals surface area contributed by atoms with Gasteiger partial charge in [-0.25, -0.2) is 9.59 Å². The van der Waals surface area contributed by atoms with Gasteiger partial charge >= 0.3 is 11.9 Å². The van der Waals surface area contributed by atoms with Crippen LogP contribution in [0, 0.1) is 0 Å². The minimum absolute atomic E-state index is 0.0729. The predicted molar refractivity (Wildman–Crippen MR) is 138 cm³/mol. The molecule has 2 rings (SSSR count). The van der Waals surface area contributed by atoms with Gasteiger partial charge in [0.2, 0.25) is 6.29 Å². The van der Waals surface area contributed by atoms with E-state index in [1.807, 2.05) is 55.5 Å². The van der Waals surface area contributed by atoms with Crippen LogP contribution in [0.15, 0.2) is 72.8 Å². The van der Waals surface area contributed by atoms with E-state index in [1.54, 1.807) is 13.8 Å². The lowest BCUT2D eigenvalue weighted by molar-refractivity contribution is -0.179. The van der Waals surface area contributed by atoms with Crippen molar-refractivity contribution in [3.05, 3.63) is 84.0 Å². The summed E-state index contributed by atoms with van der Waals surface area (Å²) in [6.45, 7) is 17.3. The Morgan fingerprint density at radius 2 is 1.31 bits per heavy atom. The standard InChI is InChI=1S/C29H36O7/c1-8-32-26(36-28(31)21(4)5)19-35-25-15-11-23(12-16-25)29(6,7)22-9-13-24(14-10-22)33-17-18-34-27(30)20(2)3/h9-16,26H,2,4,8,17-19H2,1,3,5-7H3. The first-order valence-electron chi connectivity index (χ1n) is 11.8. The van der Waals surface area contributed by atoms with E-state index >= 15 is 0 Å². The molecule has 194 valence electrons. The van der Waals surface area contributed by atoms with Crippen LogP contribution in [0.5, 0.6) is 11.5 Å². The second-order valence-electron chi connectivity index (χ2n) is 8.82. The molecule has 0 radical (unpaired) electrons. The molecule has 0 spiro atoms. The first-order chi connectivity index (χ1) is 17.0. The quantitative estimate of drug-likeness (QED) is 0.151. The lowest BCUT2D eigenvalue weighted by Crippen LogP contribution is -2.28. The van der Waals surface area contributed by atoms with Crippen molar-refractivity contribution in [2.24, 2.45) is 0 Å². The maximum atomic E-state index is 11.8. The van der Waals surface area contributed by atoms with Gasteiger partial charge < -0.3 is 23.7 Å². The summed E-state index contributed by atoms with van der Waals surface area (Å²) in [6, 6.07) is 15.6. The lowest BCUT2D eigenvalue weighted by Gasteiger charge is -2.26. The average Bonchev–Trinajstić information content (AvgIpc) is 2.85. The van der Waals surface area contributed by atoms with E-state index in [-0.39, 0.29) is 25.2 Å². The van der Waals surface area contributed by atoms with Crippen LogP contribution < -0.4 is 9.47 Å². The first kappa shape index (κ1) is 28.7. The molecule has 1 unspecified atom stereocenters. The molecule has 0 aromatic heterocycles. The third-order valence-corrected chi connectivity index (χ3v) is 5.41. The molecular formula is C29H36O7. The monoisotopic (exact) mass is 496 g/mol. The molecule has 0 aliphatic heterocycles. The fourth-order valence-electron chi connectivity index (χ4n) is 3.21. The van der Waals surface area contributed by atoms with Crippen molar-refractivity contribution < 1.29 is 33.3 Å². The summed E-state index contributed by atoms with van der Waals surface area (Å²) < 4.78 is 27.2. The molecule has 0 saturated carbocycles. The van der Waals surface area contributed by atoms with Gasteiger partial charge in [0, 0.05) is 23.2 Å². The van der Waals surface area contributed by atoms with Crippen LogP contribution in [0.1, 0.15) is 45.7 Å². The molecule has 2 aromatic carbocycles. The number of carbonyl (C=O) groups is 2. The van der Waals surface area contributed by atoms with Crippen LogP contribution in [-0.4, -0.2) is 44.7 Å². The fraction of sp³-hybridized carbons (Fsp3) is 0.379. The molecule has 0 heterocycles. The zero-order valence-electron chi connectivity index (χ0n) is 21.8. The van der Waals surface area contributed by atoms with Crippen molar-refractivity contribution in [1.82, 2.24) is 0 Å². The fourth-order valence-corrected chi connectivity index (χ4v) is 3.21. The number of hydrogen-bond donors (Lipinski definition) is 0. The molecule has 0 saturated heterocycles. The Hall–Kier alpha value is -3.58. The molecule has 1 atom stereocenters. The third-order valence-electron chi connectivity index (χ3n) is 5.41. The smallest absolute Gasteiger partial charge is 0.335 e. The summed E-state index contributed by atoms with van der Waals surface area (Å²) in [5.41, 5.74) is 2.61. The van der Waals surface area contributed by atoms with Crippen LogP contribution >= 0.6 is 0 Å². The number of rotatable bonds is 14. The van der Waals surface area contributed by atoms with Crippen LogP contribution in [-0.2, 0) is 29.2 Å². The highest BCUT2D eigenvalue weighted by molar-refractivity contribution is 5.87. The van der Waals surface area contributed by atoms with Gasteiger partial charge in [0.25, 0.3) is 0 Å². The maximum absolute atomic E-state index is 11.8. The van der Waals surface area contributed by atoms with E-state index < -0.39 is 18.2 Å². The Kier molecular flexibility index (Phi) is 10.7. The molecule has 0 aliphatic carbocycles. The van der Waals surface area contributed by atoms with E-state index in [0.717, 1.165) is 11.1 Å².